The highest BCUT2D eigenvalue weighted by Gasteiger charge is 2.32. The smallest absolute Gasteiger partial charge is 0.321 e. The van der Waals surface area contributed by atoms with E-state index in [1.54, 1.807) is 22.6 Å². The van der Waals surface area contributed by atoms with Crippen LogP contribution in [0, 0.1) is 0 Å². The van der Waals surface area contributed by atoms with Gasteiger partial charge in [-0.1, -0.05) is 0 Å². The van der Waals surface area contributed by atoms with Gasteiger partial charge in [0.15, 0.2) is 0 Å². The molecule has 15 heavy (non-hydrogen) atoms. The molecule has 1 aromatic rings. The number of aryl methyl sites for hydroxylation is 1. The predicted molar refractivity (Wildman–Crippen MR) is 60.7 cm³/mol. The number of carboxylic acid groups (broad SMARTS) is 1. The number of thioether (sulfide) groups is 1. The standard InChI is InChI=1S/C8H10BrN3O2S/c1-12-6(4(9)2-10-12)7-11-5(3-15-7)8(13)14/h2,5,7,11H,3H2,1H3,(H,13,14)/t5-,7-/m1/s1. The van der Waals surface area contributed by atoms with Gasteiger partial charge in [0.25, 0.3) is 0 Å². The molecule has 0 spiro atoms. The minimum absolute atomic E-state index is 0.00650. The lowest BCUT2D eigenvalue weighted by Crippen LogP contribution is -2.34. The van der Waals surface area contributed by atoms with Crippen molar-refractivity contribution in [2.45, 2.75) is 11.4 Å². The Morgan fingerprint density at radius 2 is 2.60 bits per heavy atom. The molecular weight excluding hydrogens is 282 g/mol. The zero-order valence-corrected chi connectivity index (χ0v) is 10.4. The maximum Gasteiger partial charge on any atom is 0.321 e. The van der Waals surface area contributed by atoms with E-state index in [9.17, 15) is 4.79 Å². The zero-order valence-electron chi connectivity index (χ0n) is 7.98. The van der Waals surface area contributed by atoms with Gasteiger partial charge in [-0.3, -0.25) is 14.8 Å². The second-order valence-electron chi connectivity index (χ2n) is 3.27. The van der Waals surface area contributed by atoms with E-state index in [0.29, 0.717) is 5.75 Å². The van der Waals surface area contributed by atoms with Crippen LogP contribution >= 0.6 is 27.7 Å². The van der Waals surface area contributed by atoms with E-state index in [0.717, 1.165) is 10.2 Å². The van der Waals surface area contributed by atoms with Crippen molar-refractivity contribution in [2.24, 2.45) is 7.05 Å². The monoisotopic (exact) mass is 291 g/mol. The third-order valence-corrected chi connectivity index (χ3v) is 4.10. The minimum atomic E-state index is -0.803. The molecule has 0 aliphatic carbocycles. The third kappa shape index (κ3) is 2.04. The molecular formula is C8H10BrN3O2S. The first-order valence-electron chi connectivity index (χ1n) is 4.37. The van der Waals surface area contributed by atoms with Crippen molar-refractivity contribution < 1.29 is 9.90 Å². The molecule has 1 aliphatic rings. The number of hydrogen-bond acceptors (Lipinski definition) is 4. The fourth-order valence-corrected chi connectivity index (χ4v) is 3.54. The number of aliphatic carboxylic acids is 1. The summed E-state index contributed by atoms with van der Waals surface area (Å²) in [6, 6.07) is -0.471. The van der Waals surface area contributed by atoms with Crippen molar-refractivity contribution in [3.05, 3.63) is 16.4 Å². The van der Waals surface area contributed by atoms with Gasteiger partial charge in [-0.05, 0) is 15.9 Å². The summed E-state index contributed by atoms with van der Waals surface area (Å²) in [5.41, 5.74) is 0.976. The normalized spacial score (nSPS) is 25.7. The molecule has 1 aliphatic heterocycles. The fraction of sp³-hybridized carbons (Fsp3) is 0.500. The Balaban J connectivity index is 2.17. The summed E-state index contributed by atoms with van der Waals surface area (Å²) in [7, 11) is 1.84. The second kappa shape index (κ2) is 4.15. The predicted octanol–water partition coefficient (Wildman–Crippen LogP) is 0.971. The molecule has 7 heteroatoms. The summed E-state index contributed by atoms with van der Waals surface area (Å²) >= 11 is 4.98. The summed E-state index contributed by atoms with van der Waals surface area (Å²) in [5.74, 6) is -0.222. The van der Waals surface area contributed by atoms with Crippen LogP contribution in [0.2, 0.25) is 0 Å². The molecule has 0 saturated carbocycles. The van der Waals surface area contributed by atoms with Gasteiger partial charge in [-0.25, -0.2) is 0 Å². The van der Waals surface area contributed by atoms with E-state index < -0.39 is 12.0 Å². The minimum Gasteiger partial charge on any atom is -0.480 e. The quantitative estimate of drug-likeness (QED) is 0.850. The Hall–Kier alpha value is -0.530. The molecule has 1 aromatic heterocycles. The average molecular weight is 292 g/mol. The molecule has 2 heterocycles. The number of halogens is 1. The van der Waals surface area contributed by atoms with Gasteiger partial charge in [0.05, 0.1) is 21.7 Å². The van der Waals surface area contributed by atoms with E-state index in [4.69, 9.17) is 5.11 Å². The molecule has 0 radical (unpaired) electrons. The van der Waals surface area contributed by atoms with Crippen molar-refractivity contribution >= 4 is 33.7 Å². The van der Waals surface area contributed by atoms with Crippen molar-refractivity contribution in [2.75, 3.05) is 5.75 Å². The summed E-state index contributed by atoms with van der Waals surface area (Å²) < 4.78 is 2.65. The highest BCUT2D eigenvalue weighted by Crippen LogP contribution is 2.36. The molecule has 1 saturated heterocycles. The molecule has 1 fully saturated rings. The fourth-order valence-electron chi connectivity index (χ4n) is 1.49. The SMILES string of the molecule is Cn1ncc(Br)c1[C@@H]1N[C@@H](C(=O)O)CS1. The van der Waals surface area contributed by atoms with Gasteiger partial charge in [0.1, 0.15) is 6.04 Å². The van der Waals surface area contributed by atoms with Crippen molar-refractivity contribution in [3.8, 4) is 0 Å². The van der Waals surface area contributed by atoms with Crippen LogP contribution in [0.25, 0.3) is 0 Å². The van der Waals surface area contributed by atoms with Gasteiger partial charge in [0.2, 0.25) is 0 Å². The van der Waals surface area contributed by atoms with Crippen molar-refractivity contribution in [1.82, 2.24) is 15.1 Å². The number of hydrogen-bond donors (Lipinski definition) is 2. The van der Waals surface area contributed by atoms with E-state index in [1.165, 1.54) is 0 Å². The van der Waals surface area contributed by atoms with E-state index >= 15 is 0 Å². The van der Waals surface area contributed by atoms with E-state index in [1.807, 2.05) is 7.05 Å². The first-order valence-corrected chi connectivity index (χ1v) is 6.21. The van der Waals surface area contributed by atoms with Crippen LogP contribution < -0.4 is 5.32 Å². The first-order chi connectivity index (χ1) is 7.09. The van der Waals surface area contributed by atoms with Crippen LogP contribution in [0.1, 0.15) is 11.1 Å². The Labute approximate surface area is 99.4 Å². The van der Waals surface area contributed by atoms with Gasteiger partial charge >= 0.3 is 5.97 Å². The van der Waals surface area contributed by atoms with Crippen LogP contribution in [-0.2, 0) is 11.8 Å². The van der Waals surface area contributed by atoms with Gasteiger partial charge in [0, 0.05) is 12.8 Å². The number of carbonyl (C=O) groups is 1. The van der Waals surface area contributed by atoms with Crippen LogP contribution in [0.5, 0.6) is 0 Å². The third-order valence-electron chi connectivity index (χ3n) is 2.27. The maximum atomic E-state index is 10.8. The largest absolute Gasteiger partial charge is 0.480 e. The number of aromatic nitrogens is 2. The molecule has 0 unspecified atom stereocenters. The molecule has 5 nitrogen and oxygen atoms in total. The maximum absolute atomic E-state index is 10.8. The topological polar surface area (TPSA) is 67.2 Å². The van der Waals surface area contributed by atoms with E-state index in [2.05, 4.69) is 26.3 Å². The highest BCUT2D eigenvalue weighted by molar-refractivity contribution is 9.10. The van der Waals surface area contributed by atoms with Gasteiger partial charge in [-0.15, -0.1) is 11.8 Å². The molecule has 0 aromatic carbocycles. The van der Waals surface area contributed by atoms with Crippen molar-refractivity contribution in [3.63, 3.8) is 0 Å². The first kappa shape index (κ1) is 11.0. The highest BCUT2D eigenvalue weighted by atomic mass is 79.9. The summed E-state index contributed by atoms with van der Waals surface area (Å²) in [6.07, 6.45) is 1.71. The number of carboxylic acids is 1. The Kier molecular flexibility index (Phi) is 3.03. The lowest BCUT2D eigenvalue weighted by molar-refractivity contribution is -0.138. The molecule has 2 atom stereocenters. The summed E-state index contributed by atoms with van der Waals surface area (Å²) in [4.78, 5) is 10.8. The molecule has 0 bridgehead atoms. The lowest BCUT2D eigenvalue weighted by atomic mass is 10.3. The lowest BCUT2D eigenvalue weighted by Gasteiger charge is -2.11. The van der Waals surface area contributed by atoms with Crippen LogP contribution in [0.3, 0.4) is 0 Å². The number of nitrogens with zero attached hydrogens (tertiary/aromatic N) is 2. The molecule has 2 N–H and O–H groups in total. The van der Waals surface area contributed by atoms with Gasteiger partial charge < -0.3 is 5.11 Å². The molecule has 2 rings (SSSR count). The Morgan fingerprint density at radius 1 is 1.87 bits per heavy atom. The summed E-state index contributed by atoms with van der Waals surface area (Å²) in [6.45, 7) is 0. The Bertz CT molecular complexity index is 376. The molecule has 82 valence electrons. The number of rotatable bonds is 2. The Morgan fingerprint density at radius 3 is 3.07 bits per heavy atom. The van der Waals surface area contributed by atoms with Crippen molar-refractivity contribution in [1.29, 1.82) is 0 Å². The summed E-state index contributed by atoms with van der Waals surface area (Å²) in [5, 5.41) is 16.0. The van der Waals surface area contributed by atoms with E-state index in [-0.39, 0.29) is 5.37 Å². The van der Waals surface area contributed by atoms with Crippen LogP contribution in [0.4, 0.5) is 0 Å². The van der Waals surface area contributed by atoms with Gasteiger partial charge in [-0.2, -0.15) is 5.10 Å². The van der Waals surface area contributed by atoms with Crippen LogP contribution in [0.15, 0.2) is 10.7 Å². The van der Waals surface area contributed by atoms with Crippen LogP contribution in [-0.4, -0.2) is 32.7 Å². The second-order valence-corrected chi connectivity index (χ2v) is 5.26. The number of nitrogens with one attached hydrogen (secondary N) is 1. The average Bonchev–Trinajstić information content (AvgIpc) is 2.73. The molecule has 0 amide bonds. The zero-order chi connectivity index (χ0) is 11.0.